The molecule has 0 aliphatic heterocycles. The second kappa shape index (κ2) is 28.0. The molecule has 0 saturated carbocycles. The van der Waals surface area contributed by atoms with Crippen LogP contribution in [0.2, 0.25) is 0 Å². The highest BCUT2D eigenvalue weighted by atomic mass is 32.0. The minimum absolute atomic E-state index is 0.00720. The first kappa shape index (κ1) is 37.5. The molecule has 3 atom stereocenters. The first-order chi connectivity index (χ1) is 18.4. The minimum atomic E-state index is -0.00720. The summed E-state index contributed by atoms with van der Waals surface area (Å²) in [6, 6.07) is 0. The number of carbonyl (C=O) groups excluding carboxylic acids is 4. The average Bonchev–Trinajstić information content (AvgIpc) is 2.89. The Kier molecular flexibility index (Phi) is 27.7. The minimum Gasteiger partial charge on any atom is -0.379 e. The molecule has 0 radical (unpaired) electrons. The molecule has 0 aromatic heterocycles. The Morgan fingerprint density at radius 2 is 1.26 bits per heavy atom. The highest BCUT2D eigenvalue weighted by Gasteiger charge is 2.13. The SMILES string of the molecule is CCCCCCCCCCCC(=O)NCCCCC(=O)N(CCOCCC(=O)P)CCOCCC(=O)PP. The topological polar surface area (TPSA) is 102 Å². The second-order valence-corrected chi connectivity index (χ2v) is 11.9. The van der Waals surface area contributed by atoms with Crippen molar-refractivity contribution in [2.45, 2.75) is 103 Å². The molecule has 38 heavy (non-hydrogen) atoms. The third kappa shape index (κ3) is 25.8. The summed E-state index contributed by atoms with van der Waals surface area (Å²) in [5.74, 6) is 0.114. The molecule has 1 N–H and O–H groups in total. The van der Waals surface area contributed by atoms with Crippen molar-refractivity contribution < 1.29 is 28.7 Å². The molecule has 0 spiro atoms. The summed E-state index contributed by atoms with van der Waals surface area (Å²) in [5.41, 5.74) is 0.146. The number of rotatable bonds is 28. The number of unbranched alkanes of at least 4 members (excludes halogenated alkanes) is 9. The fraction of sp³-hybridized carbons (Fsp3) is 0.852. The molecule has 0 bridgehead atoms. The Bertz CT molecular complexity index is 640. The van der Waals surface area contributed by atoms with Gasteiger partial charge in [-0.1, -0.05) is 67.5 Å². The number of hydrogen-bond donors (Lipinski definition) is 1. The zero-order valence-corrected chi connectivity index (χ0v) is 26.9. The van der Waals surface area contributed by atoms with Crippen LogP contribution in [0.25, 0.3) is 0 Å². The fourth-order valence-corrected chi connectivity index (χ4v) is 4.59. The van der Waals surface area contributed by atoms with Crippen molar-refractivity contribution in [3.05, 3.63) is 0 Å². The van der Waals surface area contributed by atoms with Crippen molar-refractivity contribution >= 4 is 49.3 Å². The van der Waals surface area contributed by atoms with E-state index < -0.39 is 0 Å². The van der Waals surface area contributed by atoms with E-state index in [1.54, 1.807) is 4.90 Å². The van der Waals surface area contributed by atoms with Crippen LogP contribution >= 0.6 is 26.4 Å². The summed E-state index contributed by atoms with van der Waals surface area (Å²) in [6.45, 7) is 5.07. The van der Waals surface area contributed by atoms with E-state index >= 15 is 0 Å². The zero-order valence-electron chi connectivity index (χ0n) is 23.6. The molecule has 0 aliphatic carbocycles. The molecule has 0 fully saturated rings. The zero-order chi connectivity index (χ0) is 28.3. The van der Waals surface area contributed by atoms with Crippen molar-refractivity contribution in [2.24, 2.45) is 0 Å². The van der Waals surface area contributed by atoms with E-state index in [4.69, 9.17) is 9.47 Å². The molecular weight excluding hydrogens is 541 g/mol. The monoisotopic (exact) mass is 594 g/mol. The molecule has 0 aromatic rings. The molecular formula is C27H53N2O6P3. The normalized spacial score (nSPS) is 11.2. The molecule has 222 valence electrons. The lowest BCUT2D eigenvalue weighted by molar-refractivity contribution is -0.133. The first-order valence-electron chi connectivity index (χ1n) is 14.4. The van der Waals surface area contributed by atoms with E-state index in [9.17, 15) is 19.2 Å². The highest BCUT2D eigenvalue weighted by molar-refractivity contribution is 8.11. The van der Waals surface area contributed by atoms with E-state index in [0.29, 0.717) is 78.2 Å². The van der Waals surface area contributed by atoms with Gasteiger partial charge in [0.15, 0.2) is 11.0 Å². The summed E-state index contributed by atoms with van der Waals surface area (Å²) < 4.78 is 11.0. The van der Waals surface area contributed by atoms with Gasteiger partial charge in [-0.05, 0) is 27.5 Å². The molecule has 3 unspecified atom stereocenters. The number of hydrogen-bond acceptors (Lipinski definition) is 6. The van der Waals surface area contributed by atoms with E-state index in [-0.39, 0.29) is 31.1 Å². The fourth-order valence-electron chi connectivity index (χ4n) is 3.80. The van der Waals surface area contributed by atoms with Crippen molar-refractivity contribution in [2.75, 3.05) is 46.1 Å². The largest absolute Gasteiger partial charge is 0.379 e. The van der Waals surface area contributed by atoms with Crippen LogP contribution in [-0.2, 0) is 28.7 Å². The number of carbonyl (C=O) groups is 4. The molecule has 0 aromatic carbocycles. The first-order valence-corrected chi connectivity index (χ1v) is 17.8. The smallest absolute Gasteiger partial charge is 0.222 e. The van der Waals surface area contributed by atoms with Gasteiger partial charge in [0.25, 0.3) is 0 Å². The van der Waals surface area contributed by atoms with Gasteiger partial charge in [-0.2, -0.15) is 0 Å². The highest BCUT2D eigenvalue weighted by Crippen LogP contribution is 2.22. The van der Waals surface area contributed by atoms with Crippen LogP contribution in [0.1, 0.15) is 103 Å². The maximum atomic E-state index is 12.7. The van der Waals surface area contributed by atoms with E-state index in [1.165, 1.54) is 44.9 Å². The number of amides is 2. The Morgan fingerprint density at radius 1 is 0.711 bits per heavy atom. The number of nitrogens with zero attached hydrogens (tertiary/aromatic N) is 1. The van der Waals surface area contributed by atoms with E-state index in [0.717, 1.165) is 19.3 Å². The second-order valence-electron chi connectivity index (χ2n) is 9.52. The molecule has 2 amide bonds. The van der Waals surface area contributed by atoms with Gasteiger partial charge in [0.1, 0.15) is 0 Å². The Morgan fingerprint density at radius 3 is 1.84 bits per heavy atom. The predicted octanol–water partition coefficient (Wildman–Crippen LogP) is 5.23. The van der Waals surface area contributed by atoms with Crippen molar-refractivity contribution in [1.82, 2.24) is 10.2 Å². The molecule has 0 heterocycles. The Balaban J connectivity index is 4.04. The summed E-state index contributed by atoms with van der Waals surface area (Å²) in [5, 5.41) is 2.97. The van der Waals surface area contributed by atoms with E-state index in [1.807, 2.05) is 0 Å². The summed E-state index contributed by atoms with van der Waals surface area (Å²) in [6.07, 6.45) is 14.3. The molecule has 0 saturated heterocycles. The van der Waals surface area contributed by atoms with Gasteiger partial charge in [0.05, 0.1) is 26.4 Å². The maximum Gasteiger partial charge on any atom is 0.222 e. The molecule has 0 rings (SSSR count). The lowest BCUT2D eigenvalue weighted by Gasteiger charge is -2.23. The van der Waals surface area contributed by atoms with Crippen molar-refractivity contribution in [3.8, 4) is 0 Å². The predicted molar refractivity (Wildman–Crippen MR) is 164 cm³/mol. The van der Waals surface area contributed by atoms with Gasteiger partial charge >= 0.3 is 0 Å². The Labute approximate surface area is 237 Å². The summed E-state index contributed by atoms with van der Waals surface area (Å²) in [7, 11) is 4.75. The summed E-state index contributed by atoms with van der Waals surface area (Å²) >= 11 is 0. The number of nitrogens with one attached hydrogen (secondary N) is 1. The van der Waals surface area contributed by atoms with Crippen LogP contribution in [0.5, 0.6) is 0 Å². The van der Waals surface area contributed by atoms with Crippen LogP contribution in [0, 0.1) is 0 Å². The standard InChI is InChI=1S/C27H53N2O6P3/c1-2-3-4-5-6-7-8-9-10-13-24(30)28-17-12-11-14-25(31)29(18-22-34-20-15-26(32)36)19-23-35-21-16-27(33)38-37/h38H,2-23,36-37H2,1H3,(H,28,30). The van der Waals surface area contributed by atoms with Crippen LogP contribution in [0.3, 0.4) is 0 Å². The molecule has 8 nitrogen and oxygen atoms in total. The van der Waals surface area contributed by atoms with Crippen LogP contribution in [-0.4, -0.2) is 73.8 Å². The lowest BCUT2D eigenvalue weighted by atomic mass is 10.1. The number of ether oxygens (including phenoxy) is 2. The van der Waals surface area contributed by atoms with Gasteiger partial charge in [0, 0.05) is 45.3 Å². The van der Waals surface area contributed by atoms with Gasteiger partial charge in [-0.25, -0.2) is 0 Å². The lowest BCUT2D eigenvalue weighted by Crippen LogP contribution is -2.37. The van der Waals surface area contributed by atoms with Gasteiger partial charge in [-0.3, -0.25) is 19.2 Å². The molecule has 11 heteroatoms. The van der Waals surface area contributed by atoms with E-state index in [2.05, 4.69) is 30.4 Å². The van der Waals surface area contributed by atoms with Crippen molar-refractivity contribution in [1.29, 1.82) is 0 Å². The molecule has 0 aliphatic rings. The van der Waals surface area contributed by atoms with Crippen LogP contribution < -0.4 is 5.32 Å². The summed E-state index contributed by atoms with van der Waals surface area (Å²) in [4.78, 5) is 48.9. The van der Waals surface area contributed by atoms with Gasteiger partial charge in [-0.15, -0.1) is 8.93 Å². The maximum absolute atomic E-state index is 12.7. The third-order valence-corrected chi connectivity index (χ3v) is 7.96. The van der Waals surface area contributed by atoms with Crippen LogP contribution in [0.15, 0.2) is 0 Å². The average molecular weight is 595 g/mol. The van der Waals surface area contributed by atoms with Gasteiger partial charge in [0.2, 0.25) is 11.8 Å². The van der Waals surface area contributed by atoms with Gasteiger partial charge < -0.3 is 19.7 Å². The quantitative estimate of drug-likeness (QED) is 0.0983. The van der Waals surface area contributed by atoms with Crippen LogP contribution in [0.4, 0.5) is 0 Å². The third-order valence-electron chi connectivity index (χ3n) is 6.14. The van der Waals surface area contributed by atoms with Crippen molar-refractivity contribution in [3.63, 3.8) is 0 Å². The Hall–Kier alpha value is -0.510.